The minimum atomic E-state index is -0.0157. The van der Waals surface area contributed by atoms with Gasteiger partial charge in [0.15, 0.2) is 0 Å². The largest absolute Gasteiger partial charge is 0.497 e. The molecule has 1 saturated heterocycles. The van der Waals surface area contributed by atoms with Crippen molar-refractivity contribution < 1.29 is 9.53 Å². The first-order chi connectivity index (χ1) is 16.2. The topological polar surface area (TPSA) is 59.2 Å². The Bertz CT molecular complexity index is 1350. The average Bonchev–Trinajstić information content (AvgIpc) is 3.37. The lowest BCUT2D eigenvalue weighted by Crippen LogP contribution is -2.48. The van der Waals surface area contributed by atoms with Crippen molar-refractivity contribution in [2.24, 2.45) is 0 Å². The maximum Gasteiger partial charge on any atom is 0.275 e. The molecule has 0 spiro atoms. The minimum Gasteiger partial charge on any atom is -0.497 e. The first kappa shape index (κ1) is 21.1. The fourth-order valence-electron chi connectivity index (χ4n) is 4.70. The standard InChI is InChI=1S/C26H28N4O3/c1-33-21-8-4-7-20(19-21)27-15-17-28(18-16-27)25(31)12-6-14-30-23-10-3-2-9-22(23)29-13-5-11-24(29)26(30)32/h2-5,7-11,13,19H,6,12,14-18H2,1H3. The first-order valence-corrected chi connectivity index (χ1v) is 11.4. The highest BCUT2D eigenvalue weighted by atomic mass is 16.5. The van der Waals surface area contributed by atoms with Crippen LogP contribution in [0.3, 0.4) is 0 Å². The molecule has 1 aliphatic heterocycles. The van der Waals surface area contributed by atoms with E-state index in [0.29, 0.717) is 38.0 Å². The summed E-state index contributed by atoms with van der Waals surface area (Å²) in [4.78, 5) is 30.1. The maximum atomic E-state index is 13.0. The van der Waals surface area contributed by atoms with E-state index in [2.05, 4.69) is 11.0 Å². The third kappa shape index (κ3) is 4.06. The van der Waals surface area contributed by atoms with E-state index in [1.54, 1.807) is 11.7 Å². The lowest BCUT2D eigenvalue weighted by molar-refractivity contribution is -0.131. The van der Waals surface area contributed by atoms with Crippen molar-refractivity contribution in [1.82, 2.24) is 13.9 Å². The van der Waals surface area contributed by atoms with Crippen molar-refractivity contribution in [2.75, 3.05) is 38.2 Å². The number of nitrogens with zero attached hydrogens (tertiary/aromatic N) is 4. The number of ether oxygens (including phenoxy) is 1. The van der Waals surface area contributed by atoms with Crippen LogP contribution in [-0.2, 0) is 11.3 Å². The van der Waals surface area contributed by atoms with Crippen LogP contribution in [0.2, 0.25) is 0 Å². The molecule has 7 heteroatoms. The van der Waals surface area contributed by atoms with Gasteiger partial charge in [0.05, 0.1) is 18.1 Å². The molecule has 1 fully saturated rings. The SMILES string of the molecule is COc1cccc(N2CCN(C(=O)CCCn3c(=O)c4cccn4c4ccccc43)CC2)c1. The zero-order valence-electron chi connectivity index (χ0n) is 18.8. The summed E-state index contributed by atoms with van der Waals surface area (Å²) in [6.07, 6.45) is 2.99. The highest BCUT2D eigenvalue weighted by molar-refractivity contribution is 5.79. The van der Waals surface area contributed by atoms with Crippen molar-refractivity contribution in [3.05, 3.63) is 77.2 Å². The predicted molar refractivity (Wildman–Crippen MR) is 130 cm³/mol. The number of para-hydroxylation sites is 2. The van der Waals surface area contributed by atoms with Gasteiger partial charge in [0.1, 0.15) is 11.3 Å². The van der Waals surface area contributed by atoms with Gasteiger partial charge in [-0.15, -0.1) is 0 Å². The Morgan fingerprint density at radius 1 is 0.909 bits per heavy atom. The van der Waals surface area contributed by atoms with Crippen LogP contribution in [0.15, 0.2) is 71.7 Å². The summed E-state index contributed by atoms with van der Waals surface area (Å²) in [6.45, 7) is 3.53. The number of hydrogen-bond donors (Lipinski definition) is 0. The normalized spacial score (nSPS) is 14.2. The molecule has 2 aromatic heterocycles. The fraction of sp³-hybridized carbons (Fsp3) is 0.308. The number of methoxy groups -OCH3 is 1. The fourth-order valence-corrected chi connectivity index (χ4v) is 4.70. The van der Waals surface area contributed by atoms with Crippen molar-refractivity contribution >= 4 is 28.1 Å². The van der Waals surface area contributed by atoms with Crippen molar-refractivity contribution in [2.45, 2.75) is 19.4 Å². The first-order valence-electron chi connectivity index (χ1n) is 11.4. The molecule has 1 aliphatic rings. The number of benzene rings is 2. The number of amides is 1. The van der Waals surface area contributed by atoms with Crippen molar-refractivity contribution in [3.63, 3.8) is 0 Å². The van der Waals surface area contributed by atoms with Gasteiger partial charge >= 0.3 is 0 Å². The number of fused-ring (bicyclic) bond motifs is 3. The summed E-state index contributed by atoms with van der Waals surface area (Å²) in [5, 5.41) is 0. The summed E-state index contributed by atoms with van der Waals surface area (Å²) < 4.78 is 9.06. The van der Waals surface area contributed by atoms with Gasteiger partial charge < -0.3 is 23.5 Å². The van der Waals surface area contributed by atoms with E-state index in [1.807, 2.05) is 70.1 Å². The third-order valence-electron chi connectivity index (χ3n) is 6.47. The van der Waals surface area contributed by atoms with Gasteiger partial charge in [-0.2, -0.15) is 0 Å². The Morgan fingerprint density at radius 2 is 1.67 bits per heavy atom. The number of carbonyl (C=O) groups is 1. The van der Waals surface area contributed by atoms with Crippen molar-refractivity contribution in [3.8, 4) is 5.75 Å². The second-order valence-corrected chi connectivity index (χ2v) is 8.38. The van der Waals surface area contributed by atoms with Crippen LogP contribution in [-0.4, -0.2) is 53.1 Å². The van der Waals surface area contributed by atoms with E-state index in [-0.39, 0.29) is 11.5 Å². The van der Waals surface area contributed by atoms with E-state index < -0.39 is 0 Å². The van der Waals surface area contributed by atoms with Crippen molar-refractivity contribution in [1.29, 1.82) is 0 Å². The molecular formula is C26H28N4O3. The van der Waals surface area contributed by atoms with E-state index in [9.17, 15) is 9.59 Å². The Hall–Kier alpha value is -3.74. The summed E-state index contributed by atoms with van der Waals surface area (Å²) >= 11 is 0. The van der Waals surface area contributed by atoms with Gasteiger partial charge in [-0.25, -0.2) is 0 Å². The number of aryl methyl sites for hydroxylation is 1. The predicted octanol–water partition coefficient (Wildman–Crippen LogP) is 3.39. The maximum absolute atomic E-state index is 13.0. The van der Waals surface area contributed by atoms with Gasteiger partial charge in [0, 0.05) is 57.1 Å². The number of aromatic nitrogens is 2. The molecule has 0 aliphatic carbocycles. The molecule has 4 aromatic rings. The van der Waals surface area contributed by atoms with Gasteiger partial charge in [-0.05, 0) is 42.8 Å². The minimum absolute atomic E-state index is 0.0157. The highest BCUT2D eigenvalue weighted by Gasteiger charge is 2.21. The van der Waals surface area contributed by atoms with Crippen LogP contribution in [0, 0.1) is 0 Å². The number of piperazine rings is 1. The summed E-state index contributed by atoms with van der Waals surface area (Å²) in [7, 11) is 1.67. The molecule has 7 nitrogen and oxygen atoms in total. The van der Waals surface area contributed by atoms with Gasteiger partial charge in [-0.1, -0.05) is 18.2 Å². The summed E-state index contributed by atoms with van der Waals surface area (Å²) in [6, 6.07) is 19.7. The van der Waals surface area contributed by atoms with E-state index in [1.165, 1.54) is 0 Å². The van der Waals surface area contributed by atoms with E-state index in [4.69, 9.17) is 4.74 Å². The van der Waals surface area contributed by atoms with Gasteiger partial charge in [-0.3, -0.25) is 9.59 Å². The smallest absolute Gasteiger partial charge is 0.275 e. The highest BCUT2D eigenvalue weighted by Crippen LogP contribution is 2.22. The molecule has 0 radical (unpaired) electrons. The van der Waals surface area contributed by atoms with Gasteiger partial charge in [0.2, 0.25) is 5.91 Å². The molecule has 170 valence electrons. The number of carbonyl (C=O) groups excluding carboxylic acids is 1. The lowest BCUT2D eigenvalue weighted by Gasteiger charge is -2.36. The van der Waals surface area contributed by atoms with E-state index in [0.717, 1.165) is 35.6 Å². The molecule has 0 saturated carbocycles. The molecule has 0 N–H and O–H groups in total. The monoisotopic (exact) mass is 444 g/mol. The second-order valence-electron chi connectivity index (χ2n) is 8.38. The Morgan fingerprint density at radius 3 is 2.45 bits per heavy atom. The lowest BCUT2D eigenvalue weighted by atomic mass is 10.2. The number of rotatable bonds is 6. The van der Waals surface area contributed by atoms with Crippen LogP contribution in [0.25, 0.3) is 16.6 Å². The van der Waals surface area contributed by atoms with Crippen LogP contribution >= 0.6 is 0 Å². The molecule has 5 rings (SSSR count). The molecule has 0 bridgehead atoms. The molecule has 3 heterocycles. The van der Waals surface area contributed by atoms with Gasteiger partial charge in [0.25, 0.3) is 5.56 Å². The number of hydrogen-bond acceptors (Lipinski definition) is 4. The van der Waals surface area contributed by atoms with Crippen LogP contribution < -0.4 is 15.2 Å². The second kappa shape index (κ2) is 9.02. The third-order valence-corrected chi connectivity index (χ3v) is 6.47. The zero-order chi connectivity index (χ0) is 22.8. The summed E-state index contributed by atoms with van der Waals surface area (Å²) in [5.74, 6) is 0.994. The molecular weight excluding hydrogens is 416 g/mol. The van der Waals surface area contributed by atoms with Crippen LogP contribution in [0.4, 0.5) is 5.69 Å². The molecule has 0 unspecified atom stereocenters. The molecule has 2 aromatic carbocycles. The molecule has 0 atom stereocenters. The Balaban J connectivity index is 1.21. The van der Waals surface area contributed by atoms with Crippen LogP contribution in [0.5, 0.6) is 5.75 Å². The Kier molecular flexibility index (Phi) is 5.77. The summed E-state index contributed by atoms with van der Waals surface area (Å²) in [5.41, 5.74) is 3.66. The zero-order valence-corrected chi connectivity index (χ0v) is 18.8. The van der Waals surface area contributed by atoms with E-state index >= 15 is 0 Å². The molecule has 1 amide bonds. The quantitative estimate of drug-likeness (QED) is 0.457. The Labute approximate surface area is 192 Å². The number of anilines is 1. The molecule has 33 heavy (non-hydrogen) atoms. The van der Waals surface area contributed by atoms with Crippen LogP contribution in [0.1, 0.15) is 12.8 Å². The average molecular weight is 445 g/mol.